The number of carbonyl (C=O) groups excluding carboxylic acids is 1. The lowest BCUT2D eigenvalue weighted by Gasteiger charge is -2.16. The average Bonchev–Trinajstić information content (AvgIpc) is 3.34. The lowest BCUT2D eigenvalue weighted by Crippen LogP contribution is -2.29. The molecule has 138 valence electrons. The zero-order valence-electron chi connectivity index (χ0n) is 15.2. The number of para-hydroxylation sites is 1. The first kappa shape index (κ1) is 17.3. The number of carbonyl (C=O) groups is 1. The molecule has 1 aliphatic heterocycles. The van der Waals surface area contributed by atoms with Crippen molar-refractivity contribution in [2.24, 2.45) is 0 Å². The molecule has 0 fully saturated rings. The number of rotatable bonds is 6. The molecule has 2 aromatic carbocycles. The predicted octanol–water partition coefficient (Wildman–Crippen LogP) is 3.66. The van der Waals surface area contributed by atoms with Crippen molar-refractivity contribution in [3.63, 3.8) is 0 Å². The molecule has 0 aliphatic carbocycles. The van der Waals surface area contributed by atoms with Gasteiger partial charge in [0.1, 0.15) is 5.75 Å². The zero-order chi connectivity index (χ0) is 18.6. The fourth-order valence-corrected chi connectivity index (χ4v) is 3.29. The minimum absolute atomic E-state index is 0.0840. The quantitative estimate of drug-likeness (QED) is 0.669. The molecular formula is C21H21N3O3. The first-order valence-corrected chi connectivity index (χ1v) is 9.18. The third kappa shape index (κ3) is 3.69. The Bertz CT molecular complexity index is 934. The van der Waals surface area contributed by atoms with Crippen molar-refractivity contribution in [3.05, 3.63) is 60.0 Å². The highest BCUT2D eigenvalue weighted by molar-refractivity contribution is 5.95. The summed E-state index contributed by atoms with van der Waals surface area (Å²) in [6.07, 6.45) is 1.69. The highest BCUT2D eigenvalue weighted by Crippen LogP contribution is 2.28. The van der Waals surface area contributed by atoms with E-state index in [1.807, 2.05) is 54.3 Å². The minimum atomic E-state index is 0.0840. The lowest BCUT2D eigenvalue weighted by atomic mass is 10.2. The zero-order valence-corrected chi connectivity index (χ0v) is 15.2. The standard InChI is InChI=1S/C21H21N3O3/c1-2-26-17-9-7-16(8-10-17)21-22-19(27-23-21)11-12-20(25)24-14-13-15-5-3-4-6-18(15)24/h3-10H,2,11-14H2,1H3. The molecule has 1 amide bonds. The highest BCUT2D eigenvalue weighted by Gasteiger charge is 2.24. The van der Waals surface area contributed by atoms with Crippen LogP contribution in [0.5, 0.6) is 5.75 Å². The van der Waals surface area contributed by atoms with Gasteiger partial charge in [0.05, 0.1) is 6.61 Å². The molecule has 2 heterocycles. The largest absolute Gasteiger partial charge is 0.494 e. The fraction of sp³-hybridized carbons (Fsp3) is 0.286. The van der Waals surface area contributed by atoms with Crippen molar-refractivity contribution in [3.8, 4) is 17.1 Å². The van der Waals surface area contributed by atoms with Crippen LogP contribution in [0.25, 0.3) is 11.4 Å². The Labute approximate surface area is 157 Å². The van der Waals surface area contributed by atoms with Crippen LogP contribution in [-0.4, -0.2) is 29.2 Å². The van der Waals surface area contributed by atoms with E-state index in [9.17, 15) is 4.79 Å². The number of fused-ring (bicyclic) bond motifs is 1. The Morgan fingerprint density at radius 2 is 2.00 bits per heavy atom. The van der Waals surface area contributed by atoms with Crippen LogP contribution in [-0.2, 0) is 17.6 Å². The Kier molecular flexibility index (Phi) is 4.87. The molecule has 3 aromatic rings. The van der Waals surface area contributed by atoms with Crippen LogP contribution in [0.3, 0.4) is 0 Å². The van der Waals surface area contributed by atoms with E-state index in [2.05, 4.69) is 16.2 Å². The maximum absolute atomic E-state index is 12.6. The van der Waals surface area contributed by atoms with Crippen molar-refractivity contribution in [1.29, 1.82) is 0 Å². The van der Waals surface area contributed by atoms with E-state index < -0.39 is 0 Å². The monoisotopic (exact) mass is 363 g/mol. The van der Waals surface area contributed by atoms with Crippen LogP contribution in [0, 0.1) is 0 Å². The van der Waals surface area contributed by atoms with Gasteiger partial charge in [-0.15, -0.1) is 0 Å². The summed E-state index contributed by atoms with van der Waals surface area (Å²) in [5.74, 6) is 1.88. The normalized spacial score (nSPS) is 12.9. The minimum Gasteiger partial charge on any atom is -0.494 e. The molecule has 0 saturated carbocycles. The van der Waals surface area contributed by atoms with Gasteiger partial charge in [-0.05, 0) is 49.2 Å². The maximum atomic E-state index is 12.6. The molecular weight excluding hydrogens is 342 g/mol. The first-order valence-electron chi connectivity index (χ1n) is 9.18. The third-order valence-corrected chi connectivity index (χ3v) is 4.63. The molecule has 27 heavy (non-hydrogen) atoms. The van der Waals surface area contributed by atoms with Crippen molar-refractivity contribution < 1.29 is 14.1 Å². The summed E-state index contributed by atoms with van der Waals surface area (Å²) in [6, 6.07) is 15.6. The number of aromatic nitrogens is 2. The summed E-state index contributed by atoms with van der Waals surface area (Å²) in [6.45, 7) is 3.31. The van der Waals surface area contributed by atoms with E-state index in [4.69, 9.17) is 9.26 Å². The molecule has 4 rings (SSSR count). The van der Waals surface area contributed by atoms with E-state index in [0.717, 1.165) is 30.0 Å². The van der Waals surface area contributed by atoms with Gasteiger partial charge >= 0.3 is 0 Å². The van der Waals surface area contributed by atoms with Crippen LogP contribution < -0.4 is 9.64 Å². The fourth-order valence-electron chi connectivity index (χ4n) is 3.29. The molecule has 1 aromatic heterocycles. The van der Waals surface area contributed by atoms with Crippen molar-refractivity contribution in [1.82, 2.24) is 10.1 Å². The first-order chi connectivity index (χ1) is 13.2. The Hall–Kier alpha value is -3.15. The molecule has 0 N–H and O–H groups in total. The number of anilines is 1. The molecule has 6 nitrogen and oxygen atoms in total. The number of benzene rings is 2. The molecule has 0 spiro atoms. The van der Waals surface area contributed by atoms with Gasteiger partial charge in [0, 0.05) is 30.6 Å². The second kappa shape index (κ2) is 7.61. The smallest absolute Gasteiger partial charge is 0.227 e. The van der Waals surface area contributed by atoms with Gasteiger partial charge in [-0.2, -0.15) is 4.98 Å². The average molecular weight is 363 g/mol. The Morgan fingerprint density at radius 1 is 1.19 bits per heavy atom. The number of ether oxygens (including phenoxy) is 1. The molecule has 6 heteroatoms. The topological polar surface area (TPSA) is 68.5 Å². The molecule has 0 unspecified atom stereocenters. The third-order valence-electron chi connectivity index (χ3n) is 4.63. The summed E-state index contributed by atoms with van der Waals surface area (Å²) in [5.41, 5.74) is 3.10. The second-order valence-corrected chi connectivity index (χ2v) is 6.39. The SMILES string of the molecule is CCOc1ccc(-c2noc(CCC(=O)N3CCc4ccccc43)n2)cc1. The number of hydrogen-bond donors (Lipinski definition) is 0. The lowest BCUT2D eigenvalue weighted by molar-refractivity contribution is -0.118. The van der Waals surface area contributed by atoms with Gasteiger partial charge in [0.2, 0.25) is 17.6 Å². The van der Waals surface area contributed by atoms with Crippen LogP contribution in [0.2, 0.25) is 0 Å². The molecule has 1 aliphatic rings. The van der Waals surface area contributed by atoms with Crippen LogP contribution in [0.1, 0.15) is 24.8 Å². The van der Waals surface area contributed by atoms with Gasteiger partial charge in [-0.25, -0.2) is 0 Å². The molecule has 0 radical (unpaired) electrons. The number of hydrogen-bond acceptors (Lipinski definition) is 5. The van der Waals surface area contributed by atoms with Gasteiger partial charge in [0.25, 0.3) is 0 Å². The van der Waals surface area contributed by atoms with Gasteiger partial charge in [-0.3, -0.25) is 4.79 Å². The number of aryl methyl sites for hydroxylation is 1. The van der Waals surface area contributed by atoms with Crippen LogP contribution in [0.15, 0.2) is 53.1 Å². The maximum Gasteiger partial charge on any atom is 0.227 e. The van der Waals surface area contributed by atoms with Crippen LogP contribution >= 0.6 is 0 Å². The molecule has 0 saturated heterocycles. The predicted molar refractivity (Wildman–Crippen MR) is 102 cm³/mol. The van der Waals surface area contributed by atoms with E-state index in [0.29, 0.717) is 31.2 Å². The van der Waals surface area contributed by atoms with Crippen molar-refractivity contribution in [2.75, 3.05) is 18.1 Å². The highest BCUT2D eigenvalue weighted by atomic mass is 16.5. The van der Waals surface area contributed by atoms with E-state index in [1.165, 1.54) is 5.56 Å². The molecule has 0 bridgehead atoms. The Balaban J connectivity index is 1.38. The summed E-state index contributed by atoms with van der Waals surface area (Å²) < 4.78 is 10.8. The van der Waals surface area contributed by atoms with Crippen LogP contribution in [0.4, 0.5) is 5.69 Å². The summed E-state index contributed by atoms with van der Waals surface area (Å²) in [7, 11) is 0. The Morgan fingerprint density at radius 3 is 2.81 bits per heavy atom. The van der Waals surface area contributed by atoms with Gasteiger partial charge in [0.15, 0.2) is 0 Å². The summed E-state index contributed by atoms with van der Waals surface area (Å²) in [5, 5.41) is 4.02. The number of amides is 1. The van der Waals surface area contributed by atoms with E-state index in [-0.39, 0.29) is 5.91 Å². The summed E-state index contributed by atoms with van der Waals surface area (Å²) >= 11 is 0. The van der Waals surface area contributed by atoms with Crippen molar-refractivity contribution >= 4 is 11.6 Å². The molecule has 0 atom stereocenters. The van der Waals surface area contributed by atoms with Crippen molar-refractivity contribution in [2.45, 2.75) is 26.2 Å². The van der Waals surface area contributed by atoms with Gasteiger partial charge in [-0.1, -0.05) is 23.4 Å². The second-order valence-electron chi connectivity index (χ2n) is 6.39. The van der Waals surface area contributed by atoms with E-state index in [1.54, 1.807) is 0 Å². The van der Waals surface area contributed by atoms with Gasteiger partial charge < -0.3 is 14.2 Å². The number of nitrogens with zero attached hydrogens (tertiary/aromatic N) is 3. The van der Waals surface area contributed by atoms with E-state index >= 15 is 0 Å². The summed E-state index contributed by atoms with van der Waals surface area (Å²) in [4.78, 5) is 18.8.